The number of piperidine rings is 1. The number of amides is 1. The summed E-state index contributed by atoms with van der Waals surface area (Å²) >= 11 is 0. The van der Waals surface area contributed by atoms with Crippen LogP contribution in [0.5, 0.6) is 0 Å². The number of aliphatic hydroxyl groups is 1. The average molecular weight is 294 g/mol. The summed E-state index contributed by atoms with van der Waals surface area (Å²) in [6, 6.07) is 4.92. The van der Waals surface area contributed by atoms with Crippen molar-refractivity contribution < 1.29 is 14.3 Å². The van der Waals surface area contributed by atoms with Crippen LogP contribution in [0.25, 0.3) is 0 Å². The van der Waals surface area contributed by atoms with E-state index < -0.39 is 6.10 Å². The van der Waals surface area contributed by atoms with Crippen molar-refractivity contribution in [1.82, 2.24) is 5.32 Å². The Hall–Kier alpha value is -1.62. The van der Waals surface area contributed by atoms with Gasteiger partial charge >= 0.3 is 0 Å². The highest BCUT2D eigenvalue weighted by Crippen LogP contribution is 2.31. The number of hydrogen-bond donors (Lipinski definition) is 2. The summed E-state index contributed by atoms with van der Waals surface area (Å²) in [7, 11) is 0. The van der Waals surface area contributed by atoms with Crippen LogP contribution >= 0.6 is 0 Å². The molecule has 2 rings (SSSR count). The van der Waals surface area contributed by atoms with Crippen LogP contribution in [0.15, 0.2) is 18.2 Å². The fraction of sp³-hybridized carbons (Fsp3) is 0.562. The Morgan fingerprint density at radius 2 is 2.14 bits per heavy atom. The standard InChI is InChI=1S/C16H23FN2O2/c1-11(20)16-14(17)4-3-5-15(16)19-8-6-13(7-9-19)10-18-12(2)21/h3-5,11,13,20H,6-10H2,1-2H3,(H,18,21). The lowest BCUT2D eigenvalue weighted by Crippen LogP contribution is -2.38. The van der Waals surface area contributed by atoms with Crippen LogP contribution in [0.4, 0.5) is 10.1 Å². The molecular weight excluding hydrogens is 271 g/mol. The number of carbonyl (C=O) groups is 1. The molecule has 0 radical (unpaired) electrons. The first-order chi connectivity index (χ1) is 9.99. The highest BCUT2D eigenvalue weighted by Gasteiger charge is 2.23. The van der Waals surface area contributed by atoms with Gasteiger partial charge < -0.3 is 15.3 Å². The molecule has 0 bridgehead atoms. The summed E-state index contributed by atoms with van der Waals surface area (Å²) in [6.07, 6.45) is 1.09. The number of carbonyl (C=O) groups excluding carboxylic acids is 1. The quantitative estimate of drug-likeness (QED) is 0.895. The summed E-state index contributed by atoms with van der Waals surface area (Å²) < 4.78 is 13.9. The molecule has 0 aromatic heterocycles. The van der Waals surface area contributed by atoms with Crippen molar-refractivity contribution in [2.24, 2.45) is 5.92 Å². The predicted molar refractivity (Wildman–Crippen MR) is 80.7 cm³/mol. The van der Waals surface area contributed by atoms with E-state index in [2.05, 4.69) is 10.2 Å². The Morgan fingerprint density at radius 3 is 2.71 bits per heavy atom. The predicted octanol–water partition coefficient (Wildman–Crippen LogP) is 2.23. The zero-order valence-corrected chi connectivity index (χ0v) is 12.6. The molecule has 1 aliphatic rings. The normalized spacial score (nSPS) is 17.6. The summed E-state index contributed by atoms with van der Waals surface area (Å²) in [5, 5.41) is 12.7. The third kappa shape index (κ3) is 3.94. The number of nitrogens with zero attached hydrogens (tertiary/aromatic N) is 1. The Balaban J connectivity index is 2.02. The van der Waals surface area contributed by atoms with E-state index in [1.54, 1.807) is 13.0 Å². The van der Waals surface area contributed by atoms with E-state index in [-0.39, 0.29) is 11.7 Å². The first-order valence-corrected chi connectivity index (χ1v) is 7.45. The molecule has 1 atom stereocenters. The van der Waals surface area contributed by atoms with Crippen LogP contribution in [0.2, 0.25) is 0 Å². The molecule has 1 heterocycles. The van der Waals surface area contributed by atoms with Gasteiger partial charge in [-0.1, -0.05) is 6.07 Å². The molecule has 1 amide bonds. The van der Waals surface area contributed by atoms with Crippen LogP contribution in [0.3, 0.4) is 0 Å². The van der Waals surface area contributed by atoms with E-state index in [1.165, 1.54) is 13.0 Å². The lowest BCUT2D eigenvalue weighted by atomic mass is 9.95. The number of rotatable bonds is 4. The van der Waals surface area contributed by atoms with Crippen molar-refractivity contribution in [1.29, 1.82) is 0 Å². The largest absolute Gasteiger partial charge is 0.389 e. The molecule has 2 N–H and O–H groups in total. The van der Waals surface area contributed by atoms with Crippen LogP contribution < -0.4 is 10.2 Å². The zero-order chi connectivity index (χ0) is 15.4. The van der Waals surface area contributed by atoms with Crippen molar-refractivity contribution in [3.05, 3.63) is 29.6 Å². The van der Waals surface area contributed by atoms with Crippen LogP contribution in [0, 0.1) is 11.7 Å². The Bertz CT molecular complexity index is 497. The molecule has 4 nitrogen and oxygen atoms in total. The van der Waals surface area contributed by atoms with Crippen molar-refractivity contribution in [2.75, 3.05) is 24.5 Å². The van der Waals surface area contributed by atoms with Crippen molar-refractivity contribution in [3.8, 4) is 0 Å². The third-order valence-corrected chi connectivity index (χ3v) is 4.04. The maximum absolute atomic E-state index is 13.9. The third-order valence-electron chi connectivity index (χ3n) is 4.04. The number of aliphatic hydroxyl groups excluding tert-OH is 1. The molecule has 1 aromatic rings. The second kappa shape index (κ2) is 6.89. The van der Waals surface area contributed by atoms with Crippen molar-refractivity contribution in [3.63, 3.8) is 0 Å². The molecular formula is C16H23FN2O2. The first-order valence-electron chi connectivity index (χ1n) is 7.45. The van der Waals surface area contributed by atoms with Gasteiger partial charge in [0, 0.05) is 37.8 Å². The molecule has 1 saturated heterocycles. The Kier molecular flexibility index (Phi) is 5.17. The van der Waals surface area contributed by atoms with Gasteiger partial charge in [0.15, 0.2) is 0 Å². The fourth-order valence-electron chi connectivity index (χ4n) is 2.88. The molecule has 0 aliphatic carbocycles. The van der Waals surface area contributed by atoms with Crippen molar-refractivity contribution in [2.45, 2.75) is 32.8 Å². The molecule has 5 heteroatoms. The van der Waals surface area contributed by atoms with Crippen molar-refractivity contribution >= 4 is 11.6 Å². The van der Waals surface area contributed by atoms with Gasteiger partial charge in [0.1, 0.15) is 5.82 Å². The lowest BCUT2D eigenvalue weighted by Gasteiger charge is -2.35. The molecule has 0 saturated carbocycles. The maximum atomic E-state index is 13.9. The molecule has 1 fully saturated rings. The zero-order valence-electron chi connectivity index (χ0n) is 12.6. The molecule has 0 spiro atoms. The van der Waals surface area contributed by atoms with Gasteiger partial charge in [-0.05, 0) is 37.8 Å². The van der Waals surface area contributed by atoms with Gasteiger partial charge in [0.25, 0.3) is 0 Å². The maximum Gasteiger partial charge on any atom is 0.216 e. The van der Waals surface area contributed by atoms with E-state index >= 15 is 0 Å². The summed E-state index contributed by atoms with van der Waals surface area (Å²) in [5.74, 6) is 0.107. The Morgan fingerprint density at radius 1 is 1.48 bits per heavy atom. The summed E-state index contributed by atoms with van der Waals surface area (Å²) in [5.41, 5.74) is 1.15. The average Bonchev–Trinajstić information content (AvgIpc) is 2.45. The second-order valence-corrected chi connectivity index (χ2v) is 5.72. The summed E-state index contributed by atoms with van der Waals surface area (Å²) in [4.78, 5) is 13.1. The lowest BCUT2D eigenvalue weighted by molar-refractivity contribution is -0.119. The SMILES string of the molecule is CC(=O)NCC1CCN(c2cccc(F)c2C(C)O)CC1. The number of nitrogens with one attached hydrogen (secondary N) is 1. The molecule has 1 aliphatic heterocycles. The number of anilines is 1. The van der Waals surface area contributed by atoms with E-state index in [1.807, 2.05) is 6.07 Å². The fourth-order valence-corrected chi connectivity index (χ4v) is 2.88. The van der Waals surface area contributed by atoms with Crippen LogP contribution in [0.1, 0.15) is 38.4 Å². The number of hydrogen-bond acceptors (Lipinski definition) is 3. The first kappa shape index (κ1) is 15.8. The van der Waals surface area contributed by atoms with Gasteiger partial charge in [-0.25, -0.2) is 4.39 Å². The van der Waals surface area contributed by atoms with E-state index in [9.17, 15) is 14.3 Å². The summed E-state index contributed by atoms with van der Waals surface area (Å²) in [6.45, 7) is 5.44. The molecule has 1 aromatic carbocycles. The number of benzene rings is 1. The van der Waals surface area contributed by atoms with Gasteiger partial charge in [-0.15, -0.1) is 0 Å². The molecule has 21 heavy (non-hydrogen) atoms. The monoisotopic (exact) mass is 294 g/mol. The highest BCUT2D eigenvalue weighted by atomic mass is 19.1. The smallest absolute Gasteiger partial charge is 0.216 e. The van der Waals surface area contributed by atoms with E-state index in [0.29, 0.717) is 18.0 Å². The Labute approximate surface area is 125 Å². The minimum absolute atomic E-state index is 0.000971. The van der Waals surface area contributed by atoms with Crippen LogP contribution in [-0.2, 0) is 4.79 Å². The number of halogens is 1. The van der Waals surface area contributed by atoms with Gasteiger partial charge in [0.2, 0.25) is 5.91 Å². The van der Waals surface area contributed by atoms with E-state index in [4.69, 9.17) is 0 Å². The van der Waals surface area contributed by atoms with Gasteiger partial charge in [-0.2, -0.15) is 0 Å². The topological polar surface area (TPSA) is 52.6 Å². The second-order valence-electron chi connectivity index (χ2n) is 5.72. The van der Waals surface area contributed by atoms with Gasteiger partial charge in [0.05, 0.1) is 6.10 Å². The minimum Gasteiger partial charge on any atom is -0.389 e. The van der Waals surface area contributed by atoms with Crippen LogP contribution in [-0.4, -0.2) is 30.6 Å². The van der Waals surface area contributed by atoms with Gasteiger partial charge in [-0.3, -0.25) is 4.79 Å². The van der Waals surface area contributed by atoms with E-state index in [0.717, 1.165) is 31.6 Å². The minimum atomic E-state index is -0.821. The molecule has 116 valence electrons. The highest BCUT2D eigenvalue weighted by molar-refractivity contribution is 5.72. The molecule has 1 unspecified atom stereocenters.